The van der Waals surface area contributed by atoms with Gasteiger partial charge in [-0.1, -0.05) is 0 Å². The SMILES string of the molecule is COc1ccc(C(=O)NC2CCC(N)C2)c(OC)c1. The van der Waals surface area contributed by atoms with Crippen LogP contribution >= 0.6 is 0 Å². The molecule has 0 spiro atoms. The normalized spacial score (nSPS) is 22.1. The van der Waals surface area contributed by atoms with Crippen molar-refractivity contribution in [1.29, 1.82) is 0 Å². The molecular weight excluding hydrogens is 244 g/mol. The van der Waals surface area contributed by atoms with Gasteiger partial charge in [-0.2, -0.15) is 0 Å². The van der Waals surface area contributed by atoms with Crippen LogP contribution in [0.3, 0.4) is 0 Å². The van der Waals surface area contributed by atoms with Crippen LogP contribution in [0.2, 0.25) is 0 Å². The van der Waals surface area contributed by atoms with Crippen molar-refractivity contribution in [2.75, 3.05) is 14.2 Å². The lowest BCUT2D eigenvalue weighted by molar-refractivity contribution is 0.0934. The van der Waals surface area contributed by atoms with Gasteiger partial charge in [-0.15, -0.1) is 0 Å². The van der Waals surface area contributed by atoms with E-state index in [0.717, 1.165) is 19.3 Å². The molecule has 0 radical (unpaired) electrons. The molecule has 2 atom stereocenters. The number of benzene rings is 1. The van der Waals surface area contributed by atoms with Crippen molar-refractivity contribution in [2.24, 2.45) is 5.73 Å². The number of nitrogens with two attached hydrogens (primary N) is 1. The fourth-order valence-corrected chi connectivity index (χ4v) is 2.40. The van der Waals surface area contributed by atoms with Crippen molar-refractivity contribution in [3.63, 3.8) is 0 Å². The largest absolute Gasteiger partial charge is 0.497 e. The van der Waals surface area contributed by atoms with E-state index >= 15 is 0 Å². The minimum atomic E-state index is -0.126. The van der Waals surface area contributed by atoms with Crippen LogP contribution in [0.1, 0.15) is 29.6 Å². The molecule has 19 heavy (non-hydrogen) atoms. The number of hydrogen-bond donors (Lipinski definition) is 2. The Hall–Kier alpha value is -1.75. The number of hydrogen-bond acceptors (Lipinski definition) is 4. The smallest absolute Gasteiger partial charge is 0.255 e. The Bertz CT molecular complexity index is 462. The molecule has 104 valence electrons. The molecule has 3 N–H and O–H groups in total. The van der Waals surface area contributed by atoms with Crippen molar-refractivity contribution < 1.29 is 14.3 Å². The average molecular weight is 264 g/mol. The van der Waals surface area contributed by atoms with Gasteiger partial charge in [-0.25, -0.2) is 0 Å². The van der Waals surface area contributed by atoms with Crippen LogP contribution in [0.25, 0.3) is 0 Å². The van der Waals surface area contributed by atoms with E-state index in [1.54, 1.807) is 25.3 Å². The van der Waals surface area contributed by atoms with Crippen molar-refractivity contribution in [3.8, 4) is 11.5 Å². The molecule has 1 aromatic carbocycles. The summed E-state index contributed by atoms with van der Waals surface area (Å²) >= 11 is 0. The molecule has 0 aromatic heterocycles. The number of amides is 1. The lowest BCUT2D eigenvalue weighted by Crippen LogP contribution is -2.34. The maximum absolute atomic E-state index is 12.2. The Morgan fingerprint density at radius 3 is 2.68 bits per heavy atom. The molecule has 1 aromatic rings. The topological polar surface area (TPSA) is 73.6 Å². The second-order valence-electron chi connectivity index (χ2n) is 4.81. The summed E-state index contributed by atoms with van der Waals surface area (Å²) in [4.78, 5) is 12.2. The lowest BCUT2D eigenvalue weighted by Gasteiger charge is -2.14. The summed E-state index contributed by atoms with van der Waals surface area (Å²) in [5.74, 6) is 1.05. The molecule has 1 saturated carbocycles. The van der Waals surface area contributed by atoms with Gasteiger partial charge in [0.1, 0.15) is 11.5 Å². The van der Waals surface area contributed by atoms with Crippen molar-refractivity contribution in [1.82, 2.24) is 5.32 Å². The predicted octanol–water partition coefficient (Wildman–Crippen LogP) is 1.31. The second-order valence-corrected chi connectivity index (χ2v) is 4.81. The first-order valence-electron chi connectivity index (χ1n) is 6.42. The standard InChI is InChI=1S/C14H20N2O3/c1-18-11-5-6-12(13(8-11)19-2)14(17)16-10-4-3-9(15)7-10/h5-6,8-10H,3-4,7,15H2,1-2H3,(H,16,17). The molecule has 5 heteroatoms. The van der Waals surface area contributed by atoms with Gasteiger partial charge in [0, 0.05) is 18.2 Å². The maximum Gasteiger partial charge on any atom is 0.255 e. The Morgan fingerprint density at radius 1 is 1.32 bits per heavy atom. The van der Waals surface area contributed by atoms with E-state index in [1.807, 2.05) is 0 Å². The highest BCUT2D eigenvalue weighted by Crippen LogP contribution is 2.25. The van der Waals surface area contributed by atoms with Crippen LogP contribution in [-0.2, 0) is 0 Å². The Kier molecular flexibility index (Phi) is 4.27. The number of carbonyl (C=O) groups is 1. The first-order valence-corrected chi connectivity index (χ1v) is 6.42. The van der Waals surface area contributed by atoms with Crippen LogP contribution in [0.5, 0.6) is 11.5 Å². The van der Waals surface area contributed by atoms with E-state index in [0.29, 0.717) is 17.1 Å². The molecule has 1 aliphatic carbocycles. The van der Waals surface area contributed by atoms with Crippen LogP contribution in [-0.4, -0.2) is 32.2 Å². The minimum Gasteiger partial charge on any atom is -0.497 e. The molecule has 0 bridgehead atoms. The Morgan fingerprint density at radius 2 is 2.11 bits per heavy atom. The van der Waals surface area contributed by atoms with Crippen LogP contribution in [0, 0.1) is 0 Å². The van der Waals surface area contributed by atoms with Gasteiger partial charge >= 0.3 is 0 Å². The zero-order chi connectivity index (χ0) is 13.8. The fourth-order valence-electron chi connectivity index (χ4n) is 2.40. The van der Waals surface area contributed by atoms with E-state index in [-0.39, 0.29) is 18.0 Å². The third kappa shape index (κ3) is 3.17. The molecule has 0 aliphatic heterocycles. The number of methoxy groups -OCH3 is 2. The molecule has 5 nitrogen and oxygen atoms in total. The number of nitrogens with one attached hydrogen (secondary N) is 1. The minimum absolute atomic E-state index is 0.126. The summed E-state index contributed by atoms with van der Waals surface area (Å²) in [6.45, 7) is 0. The quantitative estimate of drug-likeness (QED) is 0.860. The first kappa shape index (κ1) is 13.7. The summed E-state index contributed by atoms with van der Waals surface area (Å²) in [7, 11) is 3.12. The van der Waals surface area contributed by atoms with Gasteiger partial charge < -0.3 is 20.5 Å². The molecular formula is C14H20N2O3. The summed E-state index contributed by atoms with van der Waals surface area (Å²) in [6.07, 6.45) is 2.74. The van der Waals surface area contributed by atoms with Gasteiger partial charge in [0.05, 0.1) is 19.8 Å². The number of rotatable bonds is 4. The molecule has 1 fully saturated rings. The summed E-state index contributed by atoms with van der Waals surface area (Å²) in [6, 6.07) is 5.52. The van der Waals surface area contributed by atoms with Crippen molar-refractivity contribution in [3.05, 3.63) is 23.8 Å². The maximum atomic E-state index is 12.2. The van der Waals surface area contributed by atoms with Crippen molar-refractivity contribution in [2.45, 2.75) is 31.3 Å². The van der Waals surface area contributed by atoms with E-state index in [9.17, 15) is 4.79 Å². The Balaban J connectivity index is 2.10. The molecule has 0 saturated heterocycles. The van der Waals surface area contributed by atoms with Crippen LogP contribution < -0.4 is 20.5 Å². The highest BCUT2D eigenvalue weighted by molar-refractivity contribution is 5.97. The lowest BCUT2D eigenvalue weighted by atomic mass is 10.1. The molecule has 2 unspecified atom stereocenters. The van der Waals surface area contributed by atoms with Gasteiger partial charge in [0.15, 0.2) is 0 Å². The number of ether oxygens (including phenoxy) is 2. The third-order valence-electron chi connectivity index (χ3n) is 3.46. The molecule has 1 aliphatic rings. The first-order chi connectivity index (χ1) is 9.13. The van der Waals surface area contributed by atoms with E-state index < -0.39 is 0 Å². The van der Waals surface area contributed by atoms with Crippen LogP contribution in [0.4, 0.5) is 0 Å². The third-order valence-corrected chi connectivity index (χ3v) is 3.46. The van der Waals surface area contributed by atoms with Gasteiger partial charge in [0.2, 0.25) is 0 Å². The zero-order valence-electron chi connectivity index (χ0n) is 11.3. The Labute approximate surface area is 113 Å². The highest BCUT2D eigenvalue weighted by atomic mass is 16.5. The molecule has 2 rings (SSSR count). The van der Waals surface area contributed by atoms with Gasteiger partial charge in [0.25, 0.3) is 5.91 Å². The van der Waals surface area contributed by atoms with Crippen molar-refractivity contribution >= 4 is 5.91 Å². The zero-order valence-corrected chi connectivity index (χ0v) is 11.3. The predicted molar refractivity (Wildman–Crippen MR) is 72.6 cm³/mol. The fraction of sp³-hybridized carbons (Fsp3) is 0.500. The average Bonchev–Trinajstić information content (AvgIpc) is 2.83. The van der Waals surface area contributed by atoms with Gasteiger partial charge in [-0.05, 0) is 31.4 Å². The summed E-state index contributed by atoms with van der Waals surface area (Å²) < 4.78 is 10.3. The van der Waals surface area contributed by atoms with Crippen LogP contribution in [0.15, 0.2) is 18.2 Å². The summed E-state index contributed by atoms with van der Waals surface area (Å²) in [5, 5.41) is 3.00. The van der Waals surface area contributed by atoms with E-state index in [1.165, 1.54) is 7.11 Å². The van der Waals surface area contributed by atoms with E-state index in [2.05, 4.69) is 5.32 Å². The molecule has 0 heterocycles. The second kappa shape index (κ2) is 5.93. The number of carbonyl (C=O) groups excluding carboxylic acids is 1. The molecule has 1 amide bonds. The summed E-state index contributed by atoms with van der Waals surface area (Å²) in [5.41, 5.74) is 6.36. The monoisotopic (exact) mass is 264 g/mol. The van der Waals surface area contributed by atoms with Gasteiger partial charge in [-0.3, -0.25) is 4.79 Å². The van der Waals surface area contributed by atoms with E-state index in [4.69, 9.17) is 15.2 Å². The highest BCUT2D eigenvalue weighted by Gasteiger charge is 2.24.